The summed E-state index contributed by atoms with van der Waals surface area (Å²) in [6.45, 7) is 4.39. The zero-order chi connectivity index (χ0) is 7.82. The van der Waals surface area contributed by atoms with Crippen LogP contribution in [-0.2, 0) is 4.79 Å². The van der Waals surface area contributed by atoms with E-state index in [1.807, 2.05) is 0 Å². The molecule has 0 fully saturated rings. The van der Waals surface area contributed by atoms with Crippen molar-refractivity contribution >= 4 is 6.29 Å². The molecule has 0 heterocycles. The van der Waals surface area contributed by atoms with Crippen LogP contribution in [0, 0.1) is 12.3 Å². The number of aldehydes is 1. The third-order valence-corrected chi connectivity index (χ3v) is 1.60. The van der Waals surface area contributed by atoms with Gasteiger partial charge in [-0.3, -0.25) is 0 Å². The number of hydrogen-bond acceptors (Lipinski definition) is 1. The highest BCUT2D eigenvalue weighted by atomic mass is 16.1. The van der Waals surface area contributed by atoms with Crippen LogP contribution in [0.3, 0.4) is 0 Å². The SMILES string of the molecule is CCCC(C)[CH]CCC=O. The summed E-state index contributed by atoms with van der Waals surface area (Å²) in [5.41, 5.74) is 0. The molecule has 0 aromatic heterocycles. The molecule has 0 aromatic carbocycles. The average Bonchev–Trinajstić information content (AvgIpc) is 1.89. The fraction of sp³-hybridized carbons (Fsp3) is 0.778. The summed E-state index contributed by atoms with van der Waals surface area (Å²) < 4.78 is 0. The molecule has 59 valence electrons. The van der Waals surface area contributed by atoms with E-state index in [9.17, 15) is 4.79 Å². The van der Waals surface area contributed by atoms with Gasteiger partial charge in [0.05, 0.1) is 0 Å². The van der Waals surface area contributed by atoms with Gasteiger partial charge < -0.3 is 4.79 Å². The topological polar surface area (TPSA) is 17.1 Å². The fourth-order valence-corrected chi connectivity index (χ4v) is 1.02. The Labute approximate surface area is 63.8 Å². The molecule has 1 radical (unpaired) electrons. The lowest BCUT2D eigenvalue weighted by atomic mass is 10.00. The molecule has 1 nitrogen and oxygen atoms in total. The standard InChI is InChI=1S/C9H17O/c1-3-6-9(2)7-4-5-8-10/h7-9H,3-6H2,1-2H3. The molecule has 1 heteroatoms. The van der Waals surface area contributed by atoms with Crippen molar-refractivity contribution in [3.05, 3.63) is 6.42 Å². The number of carbonyl (C=O) groups excluding carboxylic acids is 1. The second-order valence-corrected chi connectivity index (χ2v) is 2.75. The minimum Gasteiger partial charge on any atom is -0.303 e. The third-order valence-electron chi connectivity index (χ3n) is 1.60. The quantitative estimate of drug-likeness (QED) is 0.410. The van der Waals surface area contributed by atoms with Gasteiger partial charge in [0, 0.05) is 6.42 Å². The van der Waals surface area contributed by atoms with Crippen LogP contribution in [0.5, 0.6) is 0 Å². The molecule has 0 saturated heterocycles. The molecule has 0 bridgehead atoms. The summed E-state index contributed by atoms with van der Waals surface area (Å²) in [5.74, 6) is 0.685. The van der Waals surface area contributed by atoms with E-state index in [1.54, 1.807) is 0 Å². The number of rotatable bonds is 6. The zero-order valence-corrected chi connectivity index (χ0v) is 6.97. The van der Waals surface area contributed by atoms with E-state index in [4.69, 9.17) is 0 Å². The lowest BCUT2D eigenvalue weighted by Gasteiger charge is -2.06. The predicted molar refractivity (Wildman–Crippen MR) is 43.7 cm³/mol. The van der Waals surface area contributed by atoms with Crippen LogP contribution in [0.2, 0.25) is 0 Å². The molecule has 0 aliphatic rings. The Balaban J connectivity index is 3.04. The maximum absolute atomic E-state index is 9.92. The Kier molecular flexibility index (Phi) is 6.56. The average molecular weight is 141 g/mol. The minimum atomic E-state index is 0.685. The number of unbranched alkanes of at least 4 members (excludes halogenated alkanes) is 1. The van der Waals surface area contributed by atoms with Crippen LogP contribution < -0.4 is 0 Å². The van der Waals surface area contributed by atoms with E-state index in [0.29, 0.717) is 12.3 Å². The monoisotopic (exact) mass is 141 g/mol. The van der Waals surface area contributed by atoms with Crippen LogP contribution in [0.25, 0.3) is 0 Å². The predicted octanol–water partition coefficient (Wildman–Crippen LogP) is 2.61. The van der Waals surface area contributed by atoms with Gasteiger partial charge in [-0.25, -0.2) is 0 Å². The number of carbonyl (C=O) groups is 1. The highest BCUT2D eigenvalue weighted by Crippen LogP contribution is 2.11. The van der Waals surface area contributed by atoms with E-state index >= 15 is 0 Å². The van der Waals surface area contributed by atoms with Gasteiger partial charge in [-0.05, 0) is 18.8 Å². The Morgan fingerprint density at radius 1 is 1.40 bits per heavy atom. The lowest BCUT2D eigenvalue weighted by molar-refractivity contribution is -0.107. The molecular weight excluding hydrogens is 124 g/mol. The maximum atomic E-state index is 9.92. The molecular formula is C9H17O. The largest absolute Gasteiger partial charge is 0.303 e. The fourth-order valence-electron chi connectivity index (χ4n) is 1.02. The first-order valence-corrected chi connectivity index (χ1v) is 4.08. The summed E-state index contributed by atoms with van der Waals surface area (Å²) in [6.07, 6.45) is 7.34. The third kappa shape index (κ3) is 5.80. The van der Waals surface area contributed by atoms with Crippen molar-refractivity contribution in [3.8, 4) is 0 Å². The summed E-state index contributed by atoms with van der Waals surface area (Å²) >= 11 is 0. The summed E-state index contributed by atoms with van der Waals surface area (Å²) in [5, 5.41) is 0. The van der Waals surface area contributed by atoms with Crippen molar-refractivity contribution in [2.24, 2.45) is 5.92 Å². The number of hydrogen-bond donors (Lipinski definition) is 0. The van der Waals surface area contributed by atoms with Crippen LogP contribution in [0.1, 0.15) is 39.5 Å². The van der Waals surface area contributed by atoms with E-state index in [-0.39, 0.29) is 0 Å². The molecule has 0 N–H and O–H groups in total. The first-order valence-electron chi connectivity index (χ1n) is 4.08. The molecule has 0 spiro atoms. The van der Waals surface area contributed by atoms with Crippen LogP contribution in [0.15, 0.2) is 0 Å². The smallest absolute Gasteiger partial charge is 0.120 e. The van der Waals surface area contributed by atoms with Gasteiger partial charge in [-0.1, -0.05) is 26.7 Å². The summed E-state index contributed by atoms with van der Waals surface area (Å²) in [7, 11) is 0. The van der Waals surface area contributed by atoms with Crippen LogP contribution in [0.4, 0.5) is 0 Å². The minimum absolute atomic E-state index is 0.685. The van der Waals surface area contributed by atoms with Gasteiger partial charge >= 0.3 is 0 Å². The van der Waals surface area contributed by atoms with Gasteiger partial charge in [0.2, 0.25) is 0 Å². The maximum Gasteiger partial charge on any atom is 0.120 e. The van der Waals surface area contributed by atoms with Crippen molar-refractivity contribution in [2.75, 3.05) is 0 Å². The zero-order valence-electron chi connectivity index (χ0n) is 6.97. The van der Waals surface area contributed by atoms with Gasteiger partial charge in [0.25, 0.3) is 0 Å². The summed E-state index contributed by atoms with van der Waals surface area (Å²) in [4.78, 5) is 9.92. The lowest BCUT2D eigenvalue weighted by Crippen LogP contribution is -1.94. The van der Waals surface area contributed by atoms with Gasteiger partial charge in [-0.2, -0.15) is 0 Å². The first kappa shape index (κ1) is 9.67. The van der Waals surface area contributed by atoms with E-state index in [1.165, 1.54) is 12.8 Å². The van der Waals surface area contributed by atoms with Crippen molar-refractivity contribution in [2.45, 2.75) is 39.5 Å². The van der Waals surface area contributed by atoms with Crippen molar-refractivity contribution in [1.29, 1.82) is 0 Å². The second-order valence-electron chi connectivity index (χ2n) is 2.75. The molecule has 0 rings (SSSR count). The molecule has 10 heavy (non-hydrogen) atoms. The first-order chi connectivity index (χ1) is 4.81. The Bertz CT molecular complexity index is 78.8. The molecule has 0 amide bonds. The van der Waals surface area contributed by atoms with E-state index in [2.05, 4.69) is 20.3 Å². The molecule has 0 saturated carbocycles. The Morgan fingerprint density at radius 2 is 2.10 bits per heavy atom. The molecule has 1 atom stereocenters. The highest BCUT2D eigenvalue weighted by Gasteiger charge is 1.98. The highest BCUT2D eigenvalue weighted by molar-refractivity contribution is 5.49. The molecule has 1 unspecified atom stereocenters. The van der Waals surface area contributed by atoms with Crippen molar-refractivity contribution in [3.63, 3.8) is 0 Å². The second kappa shape index (κ2) is 6.79. The Morgan fingerprint density at radius 3 is 2.60 bits per heavy atom. The van der Waals surface area contributed by atoms with Gasteiger partial charge in [0.15, 0.2) is 0 Å². The Hall–Kier alpha value is -0.330. The van der Waals surface area contributed by atoms with Gasteiger partial charge in [0.1, 0.15) is 6.29 Å². The summed E-state index contributed by atoms with van der Waals surface area (Å²) in [6, 6.07) is 0. The molecule has 0 aliphatic heterocycles. The van der Waals surface area contributed by atoms with Gasteiger partial charge in [-0.15, -0.1) is 0 Å². The molecule has 0 aliphatic carbocycles. The van der Waals surface area contributed by atoms with Crippen LogP contribution in [-0.4, -0.2) is 6.29 Å². The van der Waals surface area contributed by atoms with Crippen LogP contribution >= 0.6 is 0 Å². The van der Waals surface area contributed by atoms with E-state index < -0.39 is 0 Å². The molecule has 0 aromatic rings. The normalized spacial score (nSPS) is 13.0. The van der Waals surface area contributed by atoms with Crippen molar-refractivity contribution in [1.82, 2.24) is 0 Å². The van der Waals surface area contributed by atoms with Crippen molar-refractivity contribution < 1.29 is 4.79 Å². The van der Waals surface area contributed by atoms with E-state index in [0.717, 1.165) is 12.7 Å².